The third-order valence-corrected chi connectivity index (χ3v) is 3.31. The zero-order valence-electron chi connectivity index (χ0n) is 11.5. The van der Waals surface area contributed by atoms with Crippen molar-refractivity contribution in [3.63, 3.8) is 0 Å². The largest absolute Gasteiger partial charge is 0.461 e. The normalized spacial score (nSPS) is 10.5. The highest BCUT2D eigenvalue weighted by atomic mass is 16.5. The summed E-state index contributed by atoms with van der Waals surface area (Å²) in [6.07, 6.45) is 2.28. The van der Waals surface area contributed by atoms with Gasteiger partial charge in [-0.15, -0.1) is 0 Å². The van der Waals surface area contributed by atoms with Gasteiger partial charge in [-0.05, 0) is 28.5 Å². The second-order valence-corrected chi connectivity index (χ2v) is 4.78. The average molecular weight is 277 g/mol. The molecule has 0 fully saturated rings. The van der Waals surface area contributed by atoms with Gasteiger partial charge in [-0.25, -0.2) is 9.78 Å². The van der Waals surface area contributed by atoms with Crippen molar-refractivity contribution in [3.8, 4) is 0 Å². The summed E-state index contributed by atoms with van der Waals surface area (Å²) in [6.45, 7) is 0.355. The third kappa shape index (κ3) is 3.26. The maximum atomic E-state index is 11.8. The molecule has 0 saturated heterocycles. The Morgan fingerprint density at radius 2 is 1.76 bits per heavy atom. The Bertz CT molecular complexity index is 753. The predicted octanol–water partition coefficient (Wildman–Crippen LogP) is 3.63. The van der Waals surface area contributed by atoms with Crippen LogP contribution in [0, 0.1) is 0 Å². The topological polar surface area (TPSA) is 39.2 Å². The minimum absolute atomic E-state index is 0.344. The first kappa shape index (κ1) is 13.3. The number of hydrogen-bond acceptors (Lipinski definition) is 3. The van der Waals surface area contributed by atoms with E-state index in [1.165, 1.54) is 10.8 Å². The molecule has 0 bridgehead atoms. The van der Waals surface area contributed by atoms with Gasteiger partial charge in [0.25, 0.3) is 0 Å². The number of ether oxygens (including phenoxy) is 1. The van der Waals surface area contributed by atoms with Crippen LogP contribution in [0.1, 0.15) is 16.1 Å². The Balaban J connectivity index is 1.60. The van der Waals surface area contributed by atoms with Crippen molar-refractivity contribution < 1.29 is 9.53 Å². The maximum Gasteiger partial charge on any atom is 0.356 e. The Hall–Kier alpha value is -2.68. The Labute approximate surface area is 123 Å². The first-order valence-corrected chi connectivity index (χ1v) is 6.89. The Morgan fingerprint density at radius 1 is 0.952 bits per heavy atom. The minimum Gasteiger partial charge on any atom is -0.461 e. The van der Waals surface area contributed by atoms with Gasteiger partial charge in [0.1, 0.15) is 5.69 Å². The minimum atomic E-state index is -0.378. The van der Waals surface area contributed by atoms with Crippen molar-refractivity contribution in [2.75, 3.05) is 6.61 Å². The first-order chi connectivity index (χ1) is 10.3. The molecule has 3 rings (SSSR count). The van der Waals surface area contributed by atoms with Crippen LogP contribution in [0.15, 0.2) is 66.9 Å². The van der Waals surface area contributed by atoms with Crippen LogP contribution in [-0.2, 0) is 11.2 Å². The number of benzene rings is 2. The molecule has 1 heterocycles. The number of carbonyl (C=O) groups excluding carboxylic acids is 1. The molecule has 0 aliphatic rings. The third-order valence-electron chi connectivity index (χ3n) is 3.31. The number of esters is 1. The van der Waals surface area contributed by atoms with Gasteiger partial charge in [0.05, 0.1) is 6.61 Å². The first-order valence-electron chi connectivity index (χ1n) is 6.89. The van der Waals surface area contributed by atoms with Crippen LogP contribution < -0.4 is 0 Å². The van der Waals surface area contributed by atoms with E-state index < -0.39 is 0 Å². The molecule has 0 aliphatic heterocycles. The molecule has 3 aromatic rings. The van der Waals surface area contributed by atoms with Crippen molar-refractivity contribution in [1.29, 1.82) is 0 Å². The molecule has 21 heavy (non-hydrogen) atoms. The molecule has 0 amide bonds. The highest BCUT2D eigenvalue weighted by molar-refractivity contribution is 5.87. The van der Waals surface area contributed by atoms with E-state index in [2.05, 4.69) is 35.3 Å². The average Bonchev–Trinajstić information content (AvgIpc) is 2.55. The molecule has 104 valence electrons. The molecule has 0 unspecified atom stereocenters. The summed E-state index contributed by atoms with van der Waals surface area (Å²) >= 11 is 0. The van der Waals surface area contributed by atoms with Crippen molar-refractivity contribution in [2.45, 2.75) is 6.42 Å². The van der Waals surface area contributed by atoms with E-state index in [1.807, 2.05) is 12.1 Å². The van der Waals surface area contributed by atoms with Gasteiger partial charge in [0.2, 0.25) is 0 Å². The van der Waals surface area contributed by atoms with Gasteiger partial charge in [0, 0.05) is 12.6 Å². The van der Waals surface area contributed by atoms with Gasteiger partial charge in [-0.1, -0.05) is 48.5 Å². The van der Waals surface area contributed by atoms with Crippen LogP contribution in [0.3, 0.4) is 0 Å². The highest BCUT2D eigenvalue weighted by Crippen LogP contribution is 2.16. The molecule has 0 atom stereocenters. The number of hydrogen-bond donors (Lipinski definition) is 0. The summed E-state index contributed by atoms with van der Waals surface area (Å²) in [6, 6.07) is 19.7. The smallest absolute Gasteiger partial charge is 0.356 e. The van der Waals surface area contributed by atoms with E-state index in [0.717, 1.165) is 5.56 Å². The standard InChI is InChI=1S/C18H15NO2/c20-18(17-7-3-4-11-19-17)21-12-10-14-8-9-15-5-1-2-6-16(15)13-14/h1-9,11,13H,10,12H2. The lowest BCUT2D eigenvalue weighted by molar-refractivity contribution is 0.0502. The fourth-order valence-electron chi connectivity index (χ4n) is 2.21. The van der Waals surface area contributed by atoms with Crippen molar-refractivity contribution >= 4 is 16.7 Å². The zero-order valence-corrected chi connectivity index (χ0v) is 11.5. The summed E-state index contributed by atoms with van der Waals surface area (Å²) < 4.78 is 5.24. The molecular weight excluding hydrogens is 262 g/mol. The second-order valence-electron chi connectivity index (χ2n) is 4.78. The monoisotopic (exact) mass is 277 g/mol. The van der Waals surface area contributed by atoms with E-state index in [4.69, 9.17) is 4.74 Å². The maximum absolute atomic E-state index is 11.8. The van der Waals surface area contributed by atoms with Crippen LogP contribution in [-0.4, -0.2) is 17.6 Å². The number of rotatable bonds is 4. The molecule has 0 saturated carbocycles. The number of nitrogens with zero attached hydrogens (tertiary/aromatic N) is 1. The Kier molecular flexibility index (Phi) is 3.92. The number of fused-ring (bicyclic) bond motifs is 1. The predicted molar refractivity (Wildman–Crippen MR) is 82.2 cm³/mol. The summed E-state index contributed by atoms with van der Waals surface area (Å²) in [5.41, 5.74) is 1.50. The molecule has 0 N–H and O–H groups in total. The van der Waals surface area contributed by atoms with Gasteiger partial charge in [-0.2, -0.15) is 0 Å². The molecule has 3 nitrogen and oxygen atoms in total. The number of carbonyl (C=O) groups is 1. The van der Waals surface area contributed by atoms with Crippen molar-refractivity contribution in [1.82, 2.24) is 4.98 Å². The summed E-state index contributed by atoms with van der Waals surface area (Å²) in [7, 11) is 0. The van der Waals surface area contributed by atoms with Gasteiger partial charge >= 0.3 is 5.97 Å². The zero-order chi connectivity index (χ0) is 14.5. The van der Waals surface area contributed by atoms with E-state index in [9.17, 15) is 4.79 Å². The molecule has 0 radical (unpaired) electrons. The van der Waals surface area contributed by atoms with E-state index in [1.54, 1.807) is 24.4 Å². The SMILES string of the molecule is O=C(OCCc1ccc2ccccc2c1)c1ccccn1. The molecule has 1 aromatic heterocycles. The van der Waals surface area contributed by atoms with Crippen LogP contribution >= 0.6 is 0 Å². The molecule has 3 heteroatoms. The quantitative estimate of drug-likeness (QED) is 0.683. The molecule has 0 aliphatic carbocycles. The fourth-order valence-corrected chi connectivity index (χ4v) is 2.21. The van der Waals surface area contributed by atoms with E-state index in [0.29, 0.717) is 18.7 Å². The lowest BCUT2D eigenvalue weighted by atomic mass is 10.1. The van der Waals surface area contributed by atoms with Crippen LogP contribution in [0.25, 0.3) is 10.8 Å². The number of aromatic nitrogens is 1. The highest BCUT2D eigenvalue weighted by Gasteiger charge is 2.07. The number of pyridine rings is 1. The summed E-state index contributed by atoms with van der Waals surface area (Å²) in [5.74, 6) is -0.378. The van der Waals surface area contributed by atoms with Crippen LogP contribution in [0.2, 0.25) is 0 Å². The Morgan fingerprint density at radius 3 is 2.57 bits per heavy atom. The molecule has 0 spiro atoms. The molecular formula is C18H15NO2. The van der Waals surface area contributed by atoms with E-state index in [-0.39, 0.29) is 5.97 Å². The summed E-state index contributed by atoms with van der Waals surface area (Å²) in [4.78, 5) is 15.7. The lowest BCUT2D eigenvalue weighted by Gasteiger charge is -2.05. The van der Waals surface area contributed by atoms with Crippen LogP contribution in [0.4, 0.5) is 0 Å². The van der Waals surface area contributed by atoms with Gasteiger partial charge in [-0.3, -0.25) is 0 Å². The van der Waals surface area contributed by atoms with Crippen molar-refractivity contribution in [2.24, 2.45) is 0 Å². The lowest BCUT2D eigenvalue weighted by Crippen LogP contribution is -2.09. The van der Waals surface area contributed by atoms with Crippen LogP contribution in [0.5, 0.6) is 0 Å². The van der Waals surface area contributed by atoms with Crippen molar-refractivity contribution in [3.05, 3.63) is 78.1 Å². The summed E-state index contributed by atoms with van der Waals surface area (Å²) in [5, 5.41) is 2.41. The van der Waals surface area contributed by atoms with Gasteiger partial charge in [0.15, 0.2) is 0 Å². The fraction of sp³-hybridized carbons (Fsp3) is 0.111. The van der Waals surface area contributed by atoms with Gasteiger partial charge < -0.3 is 4.74 Å². The second kappa shape index (κ2) is 6.18. The van der Waals surface area contributed by atoms with E-state index >= 15 is 0 Å². The molecule has 2 aromatic carbocycles.